The zero-order valence-corrected chi connectivity index (χ0v) is 12.8. The Morgan fingerprint density at radius 1 is 1.60 bits per heavy atom. The summed E-state index contributed by atoms with van der Waals surface area (Å²) >= 11 is 3.00. The van der Waals surface area contributed by atoms with E-state index in [0.717, 1.165) is 17.8 Å². The molecule has 1 amide bonds. The van der Waals surface area contributed by atoms with E-state index in [1.54, 1.807) is 17.4 Å². The minimum Gasteiger partial charge on any atom is -0.369 e. The first-order valence-electron chi connectivity index (χ1n) is 6.18. The van der Waals surface area contributed by atoms with Crippen LogP contribution >= 0.6 is 23.1 Å². The van der Waals surface area contributed by atoms with E-state index >= 15 is 0 Å². The van der Waals surface area contributed by atoms with Crippen molar-refractivity contribution < 1.29 is 4.79 Å². The molecule has 7 heteroatoms. The lowest BCUT2D eigenvalue weighted by molar-refractivity contribution is -0.115. The molecule has 0 bridgehead atoms. The zero-order chi connectivity index (χ0) is 14.5. The molecule has 20 heavy (non-hydrogen) atoms. The predicted molar refractivity (Wildman–Crippen MR) is 82.8 cm³/mol. The summed E-state index contributed by atoms with van der Waals surface area (Å²) in [6.07, 6.45) is 2.79. The number of amides is 1. The summed E-state index contributed by atoms with van der Waals surface area (Å²) in [5.74, 6) is 0.625. The van der Waals surface area contributed by atoms with Crippen LogP contribution < -0.4 is 5.73 Å². The van der Waals surface area contributed by atoms with E-state index in [2.05, 4.69) is 35.1 Å². The quantitative estimate of drug-likeness (QED) is 0.629. The van der Waals surface area contributed by atoms with Gasteiger partial charge in [-0.2, -0.15) is 0 Å². The summed E-state index contributed by atoms with van der Waals surface area (Å²) in [4.78, 5) is 12.2. The van der Waals surface area contributed by atoms with Gasteiger partial charge in [0, 0.05) is 22.4 Å². The van der Waals surface area contributed by atoms with Crippen molar-refractivity contribution in [3.63, 3.8) is 0 Å². The summed E-state index contributed by atoms with van der Waals surface area (Å²) in [7, 11) is 0. The molecule has 0 unspecified atom stereocenters. The molecule has 0 saturated carbocycles. The van der Waals surface area contributed by atoms with Gasteiger partial charge in [0.05, 0.1) is 5.75 Å². The largest absolute Gasteiger partial charge is 0.369 e. The van der Waals surface area contributed by atoms with Crippen molar-refractivity contribution in [2.45, 2.75) is 25.0 Å². The number of carbonyl (C=O) groups excluding carboxylic acids is 1. The van der Waals surface area contributed by atoms with E-state index < -0.39 is 0 Å². The summed E-state index contributed by atoms with van der Waals surface area (Å²) in [6, 6.07) is 2.12. The summed E-state index contributed by atoms with van der Waals surface area (Å²) < 4.78 is 1.95. The molecule has 2 rings (SSSR count). The van der Waals surface area contributed by atoms with Crippen LogP contribution in [0.5, 0.6) is 0 Å². The summed E-state index contributed by atoms with van der Waals surface area (Å²) in [5, 5.41) is 11.1. The van der Waals surface area contributed by atoms with Crippen molar-refractivity contribution >= 4 is 29.0 Å². The highest BCUT2D eigenvalue weighted by Crippen LogP contribution is 2.28. The van der Waals surface area contributed by atoms with Crippen LogP contribution in [-0.2, 0) is 17.8 Å². The molecule has 0 atom stereocenters. The molecule has 2 heterocycles. The zero-order valence-electron chi connectivity index (χ0n) is 11.2. The topological polar surface area (TPSA) is 73.8 Å². The van der Waals surface area contributed by atoms with E-state index in [4.69, 9.17) is 5.73 Å². The van der Waals surface area contributed by atoms with Crippen molar-refractivity contribution in [2.75, 3.05) is 5.75 Å². The van der Waals surface area contributed by atoms with Gasteiger partial charge in [0.15, 0.2) is 11.0 Å². The second-order valence-corrected chi connectivity index (χ2v) is 6.05. The Labute approximate surface area is 125 Å². The maximum atomic E-state index is 10.9. The molecular weight excluding hydrogens is 292 g/mol. The van der Waals surface area contributed by atoms with Crippen LogP contribution in [-0.4, -0.2) is 26.4 Å². The molecule has 106 valence electrons. The van der Waals surface area contributed by atoms with Crippen LogP contribution in [0.1, 0.15) is 11.8 Å². The fourth-order valence-corrected chi connectivity index (χ4v) is 3.22. The molecule has 2 aromatic heterocycles. The molecule has 0 saturated heterocycles. The van der Waals surface area contributed by atoms with E-state index in [1.165, 1.54) is 16.6 Å². The van der Waals surface area contributed by atoms with Crippen LogP contribution in [0.2, 0.25) is 0 Å². The molecule has 0 spiro atoms. The fraction of sp³-hybridized carbons (Fsp3) is 0.308. The monoisotopic (exact) mass is 308 g/mol. The van der Waals surface area contributed by atoms with Gasteiger partial charge in [0.1, 0.15) is 0 Å². The fourth-order valence-electron chi connectivity index (χ4n) is 1.72. The normalized spacial score (nSPS) is 10.7. The Balaban J connectivity index is 2.32. The van der Waals surface area contributed by atoms with Crippen molar-refractivity contribution in [3.05, 3.63) is 29.0 Å². The molecular formula is C13H16N4OS2. The molecule has 2 aromatic rings. The number of thioether (sulfide) groups is 1. The van der Waals surface area contributed by atoms with Crippen molar-refractivity contribution in [2.24, 2.45) is 5.73 Å². The average molecular weight is 308 g/mol. The number of thiophene rings is 1. The summed E-state index contributed by atoms with van der Waals surface area (Å²) in [6.45, 7) is 6.47. The van der Waals surface area contributed by atoms with Crippen LogP contribution in [0, 0.1) is 0 Å². The molecule has 0 aliphatic rings. The Hall–Kier alpha value is -1.60. The van der Waals surface area contributed by atoms with Crippen molar-refractivity contribution in [1.29, 1.82) is 0 Å². The van der Waals surface area contributed by atoms with E-state index in [-0.39, 0.29) is 11.7 Å². The van der Waals surface area contributed by atoms with Gasteiger partial charge in [-0.3, -0.25) is 9.36 Å². The van der Waals surface area contributed by atoms with Crippen LogP contribution in [0.3, 0.4) is 0 Å². The molecule has 0 radical (unpaired) electrons. The minimum absolute atomic E-state index is 0.194. The van der Waals surface area contributed by atoms with Gasteiger partial charge in [-0.05, 0) is 12.5 Å². The minimum atomic E-state index is -0.367. The van der Waals surface area contributed by atoms with E-state index in [1.807, 2.05) is 4.57 Å². The van der Waals surface area contributed by atoms with Gasteiger partial charge >= 0.3 is 0 Å². The van der Waals surface area contributed by atoms with Crippen molar-refractivity contribution in [1.82, 2.24) is 14.8 Å². The third kappa shape index (κ3) is 3.29. The lowest BCUT2D eigenvalue weighted by atomic mass is 10.2. The maximum absolute atomic E-state index is 10.9. The first-order valence-corrected chi connectivity index (χ1v) is 8.05. The molecule has 0 fully saturated rings. The van der Waals surface area contributed by atoms with Crippen molar-refractivity contribution in [3.8, 4) is 11.4 Å². The van der Waals surface area contributed by atoms with Crippen LogP contribution in [0.15, 0.2) is 29.3 Å². The number of nitrogens with two attached hydrogens (primary N) is 1. The second-order valence-electron chi connectivity index (χ2n) is 4.12. The van der Waals surface area contributed by atoms with E-state index in [9.17, 15) is 4.79 Å². The lowest BCUT2D eigenvalue weighted by Gasteiger charge is -2.05. The van der Waals surface area contributed by atoms with Gasteiger partial charge in [-0.1, -0.05) is 24.8 Å². The van der Waals surface area contributed by atoms with Gasteiger partial charge in [-0.25, -0.2) is 0 Å². The number of hydrogen-bond donors (Lipinski definition) is 1. The number of carbonyl (C=O) groups is 1. The van der Waals surface area contributed by atoms with Gasteiger partial charge < -0.3 is 5.73 Å². The lowest BCUT2D eigenvalue weighted by Crippen LogP contribution is -2.13. The van der Waals surface area contributed by atoms with Crippen LogP contribution in [0.25, 0.3) is 11.4 Å². The molecule has 0 aliphatic heterocycles. The van der Waals surface area contributed by atoms with Gasteiger partial charge in [0.2, 0.25) is 5.91 Å². The maximum Gasteiger partial charge on any atom is 0.227 e. The number of allylic oxidation sites excluding steroid dienone is 1. The van der Waals surface area contributed by atoms with Gasteiger partial charge in [0.25, 0.3) is 0 Å². The Kier molecular flexibility index (Phi) is 4.97. The number of rotatable bonds is 7. The number of hydrogen-bond acceptors (Lipinski definition) is 5. The van der Waals surface area contributed by atoms with E-state index in [0.29, 0.717) is 11.7 Å². The first-order chi connectivity index (χ1) is 9.65. The molecule has 5 nitrogen and oxygen atoms in total. The highest BCUT2D eigenvalue weighted by Gasteiger charge is 2.15. The second kappa shape index (κ2) is 6.71. The third-order valence-electron chi connectivity index (χ3n) is 2.63. The predicted octanol–water partition coefficient (Wildman–Crippen LogP) is 2.33. The standard InChI is InChI=1S/C13H16N4OS2/c1-3-5-17-12(9-6-10(4-2)19-7-9)15-16-13(17)20-8-11(14)18/h3,6-7H,1,4-5,8H2,2H3,(H2,14,18). The Bertz CT molecular complexity index is 618. The Morgan fingerprint density at radius 3 is 3.00 bits per heavy atom. The smallest absolute Gasteiger partial charge is 0.227 e. The number of nitrogens with zero attached hydrogens (tertiary/aromatic N) is 3. The SMILES string of the molecule is C=CCn1c(SCC(N)=O)nnc1-c1csc(CC)c1. The average Bonchev–Trinajstić information content (AvgIpc) is 3.03. The highest BCUT2D eigenvalue weighted by atomic mass is 32.2. The van der Waals surface area contributed by atoms with Crippen LogP contribution in [0.4, 0.5) is 0 Å². The number of primary amides is 1. The molecule has 0 aliphatic carbocycles. The molecule has 2 N–H and O–H groups in total. The van der Waals surface area contributed by atoms with Gasteiger partial charge in [-0.15, -0.1) is 28.1 Å². The Morgan fingerprint density at radius 2 is 2.40 bits per heavy atom. The summed E-state index contributed by atoms with van der Waals surface area (Å²) in [5.41, 5.74) is 6.22. The highest BCUT2D eigenvalue weighted by molar-refractivity contribution is 7.99. The number of aryl methyl sites for hydroxylation is 1. The molecule has 0 aromatic carbocycles. The first kappa shape index (κ1) is 14.8. The third-order valence-corrected chi connectivity index (χ3v) is 4.70. The number of aromatic nitrogens is 3.